The van der Waals surface area contributed by atoms with Crippen LogP contribution in [0.1, 0.15) is 13.8 Å². The Morgan fingerprint density at radius 2 is 1.94 bits per heavy atom. The topological polar surface area (TPSA) is 24.5 Å². The van der Waals surface area contributed by atoms with Crippen molar-refractivity contribution in [3.8, 4) is 5.75 Å². The summed E-state index contributed by atoms with van der Waals surface area (Å²) < 4.78 is 5.14. The van der Waals surface area contributed by atoms with Crippen LogP contribution >= 0.6 is 0 Å². The minimum Gasteiger partial charge on any atom is -0.497 e. The Morgan fingerprint density at radius 1 is 1.31 bits per heavy atom. The first-order chi connectivity index (χ1) is 7.69. The SMILES string of the molecule is CCNCC(C)N(C)c1ccc(OC)cc1. The van der Waals surface area contributed by atoms with E-state index in [1.54, 1.807) is 7.11 Å². The highest BCUT2D eigenvalue weighted by Crippen LogP contribution is 2.19. The Balaban J connectivity index is 2.60. The van der Waals surface area contributed by atoms with Crippen molar-refractivity contribution in [3.63, 3.8) is 0 Å². The Hall–Kier alpha value is -1.22. The molecule has 0 aliphatic carbocycles. The van der Waals surface area contributed by atoms with Gasteiger partial charge in [0.25, 0.3) is 0 Å². The monoisotopic (exact) mass is 222 g/mol. The predicted octanol–water partition coefficient (Wildman–Crippen LogP) is 2.13. The van der Waals surface area contributed by atoms with Gasteiger partial charge in [0.1, 0.15) is 5.75 Å². The second-order valence-electron chi connectivity index (χ2n) is 3.97. The average Bonchev–Trinajstić information content (AvgIpc) is 2.35. The fourth-order valence-electron chi connectivity index (χ4n) is 1.56. The van der Waals surface area contributed by atoms with Gasteiger partial charge < -0.3 is 15.0 Å². The number of nitrogens with one attached hydrogen (secondary N) is 1. The number of likely N-dealkylation sites (N-methyl/N-ethyl adjacent to an activating group) is 2. The summed E-state index contributed by atoms with van der Waals surface area (Å²) in [6, 6.07) is 8.63. The fraction of sp³-hybridized carbons (Fsp3) is 0.538. The van der Waals surface area contributed by atoms with Crippen LogP contribution in [0.15, 0.2) is 24.3 Å². The molecule has 0 bridgehead atoms. The van der Waals surface area contributed by atoms with E-state index in [2.05, 4.69) is 43.2 Å². The normalized spacial score (nSPS) is 12.2. The van der Waals surface area contributed by atoms with Crippen molar-refractivity contribution in [1.29, 1.82) is 0 Å². The maximum atomic E-state index is 5.14. The van der Waals surface area contributed by atoms with Crippen LogP contribution in [-0.2, 0) is 0 Å². The van der Waals surface area contributed by atoms with Crippen molar-refractivity contribution < 1.29 is 4.74 Å². The molecule has 0 radical (unpaired) electrons. The third kappa shape index (κ3) is 3.42. The quantitative estimate of drug-likeness (QED) is 0.798. The zero-order chi connectivity index (χ0) is 12.0. The van der Waals surface area contributed by atoms with Crippen molar-refractivity contribution in [1.82, 2.24) is 5.32 Å². The summed E-state index contributed by atoms with van der Waals surface area (Å²) in [6.45, 7) is 6.35. The van der Waals surface area contributed by atoms with Gasteiger partial charge in [-0.15, -0.1) is 0 Å². The number of ether oxygens (including phenoxy) is 1. The second kappa shape index (κ2) is 6.38. The summed E-state index contributed by atoms with van der Waals surface area (Å²) in [7, 11) is 3.80. The van der Waals surface area contributed by atoms with Crippen LogP contribution in [0.4, 0.5) is 5.69 Å². The number of nitrogens with zero attached hydrogens (tertiary/aromatic N) is 1. The molecule has 0 saturated carbocycles. The van der Waals surface area contributed by atoms with Crippen LogP contribution in [0, 0.1) is 0 Å². The number of anilines is 1. The van der Waals surface area contributed by atoms with Gasteiger partial charge >= 0.3 is 0 Å². The first kappa shape index (κ1) is 12.8. The van der Waals surface area contributed by atoms with E-state index in [0.717, 1.165) is 18.8 Å². The molecule has 1 atom stereocenters. The number of hydrogen-bond donors (Lipinski definition) is 1. The molecule has 0 fully saturated rings. The largest absolute Gasteiger partial charge is 0.497 e. The maximum Gasteiger partial charge on any atom is 0.119 e. The molecule has 1 aromatic carbocycles. The van der Waals surface area contributed by atoms with E-state index in [4.69, 9.17) is 4.74 Å². The number of benzene rings is 1. The van der Waals surface area contributed by atoms with Crippen molar-refractivity contribution in [2.45, 2.75) is 19.9 Å². The van der Waals surface area contributed by atoms with Crippen LogP contribution in [0.5, 0.6) is 5.75 Å². The molecule has 0 spiro atoms. The summed E-state index contributed by atoms with van der Waals surface area (Å²) >= 11 is 0. The van der Waals surface area contributed by atoms with Crippen LogP contribution in [-0.4, -0.2) is 33.3 Å². The third-order valence-corrected chi connectivity index (χ3v) is 2.83. The first-order valence-corrected chi connectivity index (χ1v) is 5.76. The lowest BCUT2D eigenvalue weighted by molar-refractivity contribution is 0.415. The first-order valence-electron chi connectivity index (χ1n) is 5.76. The molecule has 16 heavy (non-hydrogen) atoms. The fourth-order valence-corrected chi connectivity index (χ4v) is 1.56. The zero-order valence-corrected chi connectivity index (χ0v) is 10.7. The molecule has 0 aliphatic rings. The van der Waals surface area contributed by atoms with E-state index in [-0.39, 0.29) is 0 Å². The number of hydrogen-bond acceptors (Lipinski definition) is 3. The Morgan fingerprint density at radius 3 is 2.44 bits per heavy atom. The van der Waals surface area contributed by atoms with Gasteiger partial charge in [-0.25, -0.2) is 0 Å². The molecular formula is C13H22N2O. The lowest BCUT2D eigenvalue weighted by atomic mass is 10.2. The highest BCUT2D eigenvalue weighted by molar-refractivity contribution is 5.49. The highest BCUT2D eigenvalue weighted by atomic mass is 16.5. The van der Waals surface area contributed by atoms with Crippen molar-refractivity contribution in [3.05, 3.63) is 24.3 Å². The summed E-state index contributed by atoms with van der Waals surface area (Å²) in [5, 5.41) is 3.35. The molecule has 0 heterocycles. The van der Waals surface area contributed by atoms with Gasteiger partial charge in [0.15, 0.2) is 0 Å². The molecule has 90 valence electrons. The van der Waals surface area contributed by atoms with Gasteiger partial charge in [0, 0.05) is 25.3 Å². The van der Waals surface area contributed by atoms with Gasteiger partial charge in [0.2, 0.25) is 0 Å². The van der Waals surface area contributed by atoms with E-state index >= 15 is 0 Å². The van der Waals surface area contributed by atoms with Gasteiger partial charge in [0.05, 0.1) is 7.11 Å². The third-order valence-electron chi connectivity index (χ3n) is 2.83. The maximum absolute atomic E-state index is 5.14. The molecule has 0 saturated heterocycles. The van der Waals surface area contributed by atoms with E-state index in [0.29, 0.717) is 6.04 Å². The second-order valence-corrected chi connectivity index (χ2v) is 3.97. The molecule has 1 aromatic rings. The summed E-state index contributed by atoms with van der Waals surface area (Å²) in [5.41, 5.74) is 1.21. The van der Waals surface area contributed by atoms with Crippen molar-refractivity contribution in [2.24, 2.45) is 0 Å². The highest BCUT2D eigenvalue weighted by Gasteiger charge is 2.08. The van der Waals surface area contributed by atoms with Gasteiger partial charge in [-0.2, -0.15) is 0 Å². The van der Waals surface area contributed by atoms with Gasteiger partial charge in [-0.3, -0.25) is 0 Å². The zero-order valence-electron chi connectivity index (χ0n) is 10.7. The molecule has 1 unspecified atom stereocenters. The number of methoxy groups -OCH3 is 1. The molecule has 0 amide bonds. The van der Waals surface area contributed by atoms with Crippen molar-refractivity contribution in [2.75, 3.05) is 32.1 Å². The van der Waals surface area contributed by atoms with Crippen LogP contribution < -0.4 is 15.0 Å². The molecule has 0 aliphatic heterocycles. The molecule has 0 aromatic heterocycles. The lowest BCUT2D eigenvalue weighted by Gasteiger charge is -2.27. The lowest BCUT2D eigenvalue weighted by Crippen LogP contribution is -2.37. The van der Waals surface area contributed by atoms with Crippen molar-refractivity contribution >= 4 is 5.69 Å². The Kier molecular flexibility index (Phi) is 5.12. The van der Waals surface area contributed by atoms with Crippen LogP contribution in [0.3, 0.4) is 0 Å². The molecule has 3 nitrogen and oxygen atoms in total. The van der Waals surface area contributed by atoms with E-state index in [1.807, 2.05) is 12.1 Å². The molecule has 1 rings (SSSR count). The minimum atomic E-state index is 0.480. The summed E-state index contributed by atoms with van der Waals surface area (Å²) in [6.07, 6.45) is 0. The van der Waals surface area contributed by atoms with Crippen LogP contribution in [0.25, 0.3) is 0 Å². The molecule has 3 heteroatoms. The van der Waals surface area contributed by atoms with Gasteiger partial charge in [-0.1, -0.05) is 6.92 Å². The standard InChI is InChI=1S/C13H22N2O/c1-5-14-10-11(2)15(3)12-6-8-13(16-4)9-7-12/h6-9,11,14H,5,10H2,1-4H3. The summed E-state index contributed by atoms with van der Waals surface area (Å²) in [5.74, 6) is 0.900. The van der Waals surface area contributed by atoms with E-state index < -0.39 is 0 Å². The summed E-state index contributed by atoms with van der Waals surface area (Å²) in [4.78, 5) is 2.27. The molecular weight excluding hydrogens is 200 g/mol. The van der Waals surface area contributed by atoms with E-state index in [9.17, 15) is 0 Å². The Bertz CT molecular complexity index is 297. The average molecular weight is 222 g/mol. The minimum absolute atomic E-state index is 0.480. The molecule has 1 N–H and O–H groups in total. The smallest absolute Gasteiger partial charge is 0.119 e. The predicted molar refractivity (Wildman–Crippen MR) is 69.4 cm³/mol. The van der Waals surface area contributed by atoms with Gasteiger partial charge in [-0.05, 0) is 37.7 Å². The van der Waals surface area contributed by atoms with E-state index in [1.165, 1.54) is 5.69 Å². The van der Waals surface area contributed by atoms with Crippen LogP contribution in [0.2, 0.25) is 0 Å². The number of rotatable bonds is 6. The Labute approximate surface area is 98.4 Å².